The fourth-order valence-electron chi connectivity index (χ4n) is 4.21. The van der Waals surface area contributed by atoms with Crippen LogP contribution in [0.25, 0.3) is 44.8 Å². The number of rotatable bonds is 5. The molecule has 0 aliphatic rings. The van der Waals surface area contributed by atoms with Gasteiger partial charge < -0.3 is 13.6 Å². The van der Waals surface area contributed by atoms with E-state index in [0.717, 1.165) is 21.0 Å². The van der Waals surface area contributed by atoms with E-state index in [0.29, 0.717) is 39.5 Å². The SMILES string of the molecule is COc1cccc2oc(-c3nc4ccccc4c(=O)n3N=Cc3ccc(-c4ccc(C)cc4Br)o3)cc12. The molecule has 6 aromatic rings. The second-order valence-electron chi connectivity index (χ2n) is 8.48. The first-order valence-corrected chi connectivity index (χ1v) is 12.3. The van der Waals surface area contributed by atoms with Crippen molar-refractivity contribution in [2.45, 2.75) is 6.92 Å². The monoisotopic (exact) mass is 553 g/mol. The van der Waals surface area contributed by atoms with Crippen LogP contribution in [0.3, 0.4) is 0 Å². The molecule has 0 N–H and O–H groups in total. The molecular weight excluding hydrogens is 534 g/mol. The van der Waals surface area contributed by atoms with E-state index in [1.165, 1.54) is 10.9 Å². The van der Waals surface area contributed by atoms with E-state index in [1.54, 1.807) is 37.4 Å². The van der Waals surface area contributed by atoms with Crippen LogP contribution in [0.15, 0.2) is 102 Å². The Morgan fingerprint density at radius 2 is 1.81 bits per heavy atom. The number of halogens is 1. The minimum absolute atomic E-state index is 0.270. The first-order chi connectivity index (χ1) is 18.0. The summed E-state index contributed by atoms with van der Waals surface area (Å²) < 4.78 is 19.7. The summed E-state index contributed by atoms with van der Waals surface area (Å²) in [6.45, 7) is 2.03. The topological polar surface area (TPSA) is 82.8 Å². The summed E-state index contributed by atoms with van der Waals surface area (Å²) in [4.78, 5) is 18.2. The van der Waals surface area contributed by atoms with Crippen LogP contribution in [0.2, 0.25) is 0 Å². The number of nitrogens with zero attached hydrogens (tertiary/aromatic N) is 3. The molecule has 182 valence electrons. The number of aryl methyl sites for hydroxylation is 1. The highest BCUT2D eigenvalue weighted by Gasteiger charge is 2.18. The van der Waals surface area contributed by atoms with E-state index in [4.69, 9.17) is 18.6 Å². The Morgan fingerprint density at radius 1 is 0.946 bits per heavy atom. The quantitative estimate of drug-likeness (QED) is 0.214. The Labute approximate surface area is 219 Å². The minimum Gasteiger partial charge on any atom is -0.496 e. The molecule has 0 radical (unpaired) electrons. The summed E-state index contributed by atoms with van der Waals surface area (Å²) in [6, 6.07) is 24.2. The van der Waals surface area contributed by atoms with Gasteiger partial charge in [-0.25, -0.2) is 4.98 Å². The maximum Gasteiger partial charge on any atom is 0.282 e. The number of hydrogen-bond acceptors (Lipinski definition) is 6. The molecule has 3 aromatic heterocycles. The summed E-state index contributed by atoms with van der Waals surface area (Å²) in [7, 11) is 1.60. The molecule has 37 heavy (non-hydrogen) atoms. The minimum atomic E-state index is -0.322. The maximum atomic E-state index is 13.5. The molecule has 0 saturated heterocycles. The van der Waals surface area contributed by atoms with Crippen molar-refractivity contribution >= 4 is 44.0 Å². The van der Waals surface area contributed by atoms with E-state index in [9.17, 15) is 4.79 Å². The summed E-state index contributed by atoms with van der Waals surface area (Å²) in [6.07, 6.45) is 1.50. The van der Waals surface area contributed by atoms with Gasteiger partial charge in [0.25, 0.3) is 5.56 Å². The molecule has 0 atom stereocenters. The predicted octanol–water partition coefficient (Wildman–Crippen LogP) is 7.03. The second-order valence-corrected chi connectivity index (χ2v) is 9.34. The van der Waals surface area contributed by atoms with Gasteiger partial charge in [-0.15, -0.1) is 0 Å². The van der Waals surface area contributed by atoms with Gasteiger partial charge in [0.2, 0.25) is 5.82 Å². The Hall–Kier alpha value is -4.43. The van der Waals surface area contributed by atoms with Gasteiger partial charge in [-0.2, -0.15) is 9.78 Å². The van der Waals surface area contributed by atoms with Crippen molar-refractivity contribution < 1.29 is 13.6 Å². The molecule has 0 aliphatic heterocycles. The van der Waals surface area contributed by atoms with Crippen molar-refractivity contribution in [3.63, 3.8) is 0 Å². The highest BCUT2D eigenvalue weighted by Crippen LogP contribution is 2.33. The average Bonchev–Trinajstić information content (AvgIpc) is 3.55. The van der Waals surface area contributed by atoms with Crippen LogP contribution in [-0.2, 0) is 0 Å². The van der Waals surface area contributed by atoms with Gasteiger partial charge in [-0.3, -0.25) is 4.79 Å². The van der Waals surface area contributed by atoms with E-state index in [1.807, 2.05) is 55.5 Å². The Morgan fingerprint density at radius 3 is 2.65 bits per heavy atom. The third-order valence-electron chi connectivity index (χ3n) is 6.03. The largest absolute Gasteiger partial charge is 0.496 e. The zero-order chi connectivity index (χ0) is 25.5. The maximum absolute atomic E-state index is 13.5. The highest BCUT2D eigenvalue weighted by atomic mass is 79.9. The molecular formula is C29H20BrN3O4. The van der Waals surface area contributed by atoms with Crippen LogP contribution in [0, 0.1) is 6.92 Å². The van der Waals surface area contributed by atoms with Crippen molar-refractivity contribution in [1.82, 2.24) is 9.66 Å². The molecule has 0 saturated carbocycles. The van der Waals surface area contributed by atoms with Crippen LogP contribution < -0.4 is 10.3 Å². The molecule has 7 nitrogen and oxygen atoms in total. The van der Waals surface area contributed by atoms with Gasteiger partial charge in [-0.05, 0) is 67.1 Å². The van der Waals surface area contributed by atoms with E-state index < -0.39 is 0 Å². The lowest BCUT2D eigenvalue weighted by molar-refractivity contribution is 0.419. The molecule has 0 fully saturated rings. The third-order valence-corrected chi connectivity index (χ3v) is 6.69. The molecule has 0 unspecified atom stereocenters. The lowest BCUT2D eigenvalue weighted by atomic mass is 10.1. The first-order valence-electron chi connectivity index (χ1n) is 11.5. The fourth-order valence-corrected chi connectivity index (χ4v) is 4.90. The second kappa shape index (κ2) is 9.22. The average molecular weight is 554 g/mol. The smallest absolute Gasteiger partial charge is 0.282 e. The highest BCUT2D eigenvalue weighted by molar-refractivity contribution is 9.10. The van der Waals surface area contributed by atoms with Gasteiger partial charge in [0, 0.05) is 10.0 Å². The summed E-state index contributed by atoms with van der Waals surface area (Å²) in [5, 5.41) is 5.70. The van der Waals surface area contributed by atoms with Crippen LogP contribution in [-0.4, -0.2) is 23.0 Å². The summed E-state index contributed by atoms with van der Waals surface area (Å²) in [5.41, 5.74) is 2.91. The predicted molar refractivity (Wildman–Crippen MR) is 147 cm³/mol. The van der Waals surface area contributed by atoms with Crippen LogP contribution in [0.4, 0.5) is 0 Å². The Balaban J connectivity index is 1.47. The van der Waals surface area contributed by atoms with Gasteiger partial charge in [0.05, 0.1) is 29.6 Å². The van der Waals surface area contributed by atoms with Crippen molar-refractivity contribution in [3.05, 3.63) is 105 Å². The Kier molecular flexibility index (Phi) is 5.73. The zero-order valence-corrected chi connectivity index (χ0v) is 21.5. The number of ether oxygens (including phenoxy) is 1. The van der Waals surface area contributed by atoms with Crippen LogP contribution >= 0.6 is 15.9 Å². The Bertz CT molecular complexity index is 1880. The van der Waals surface area contributed by atoms with Crippen molar-refractivity contribution in [2.24, 2.45) is 5.10 Å². The van der Waals surface area contributed by atoms with Gasteiger partial charge in [0.1, 0.15) is 22.9 Å². The first kappa shape index (κ1) is 23.0. The molecule has 6 rings (SSSR count). The summed E-state index contributed by atoms with van der Waals surface area (Å²) >= 11 is 3.59. The molecule has 3 heterocycles. The fraction of sp³-hybridized carbons (Fsp3) is 0.0690. The third kappa shape index (κ3) is 4.15. The van der Waals surface area contributed by atoms with Gasteiger partial charge in [-0.1, -0.05) is 40.2 Å². The van der Waals surface area contributed by atoms with Crippen molar-refractivity contribution in [2.75, 3.05) is 7.11 Å². The normalized spacial score (nSPS) is 11.6. The van der Waals surface area contributed by atoms with E-state index in [-0.39, 0.29) is 11.4 Å². The standard InChI is InChI=1S/C29H20BrN3O4/c1-17-10-12-19(22(30)14-17)26-13-11-18(36-26)16-31-33-28(32-23-7-4-3-6-20(23)29(33)34)27-15-21-24(35-2)8-5-9-25(21)37-27/h3-16H,1-2H3. The lowest BCUT2D eigenvalue weighted by Crippen LogP contribution is -2.20. The number of methoxy groups -OCH3 is 1. The van der Waals surface area contributed by atoms with Gasteiger partial charge in [0.15, 0.2) is 5.76 Å². The molecule has 8 heteroatoms. The van der Waals surface area contributed by atoms with Gasteiger partial charge >= 0.3 is 0 Å². The number of fused-ring (bicyclic) bond motifs is 2. The molecule has 0 aliphatic carbocycles. The number of para-hydroxylation sites is 1. The summed E-state index contributed by atoms with van der Waals surface area (Å²) in [5.74, 6) is 2.49. The van der Waals surface area contributed by atoms with Crippen molar-refractivity contribution in [3.8, 4) is 28.7 Å². The van der Waals surface area contributed by atoms with E-state index >= 15 is 0 Å². The van der Waals surface area contributed by atoms with Crippen molar-refractivity contribution in [1.29, 1.82) is 0 Å². The lowest BCUT2D eigenvalue weighted by Gasteiger charge is -2.06. The zero-order valence-electron chi connectivity index (χ0n) is 19.9. The number of benzene rings is 3. The number of aromatic nitrogens is 2. The molecule has 3 aromatic carbocycles. The molecule has 0 bridgehead atoms. The van der Waals surface area contributed by atoms with Crippen LogP contribution in [0.1, 0.15) is 11.3 Å². The number of furan rings is 2. The van der Waals surface area contributed by atoms with Crippen LogP contribution in [0.5, 0.6) is 5.75 Å². The molecule has 0 amide bonds. The number of hydrogen-bond donors (Lipinski definition) is 0. The van der Waals surface area contributed by atoms with E-state index in [2.05, 4.69) is 21.0 Å². The molecule has 0 spiro atoms.